The number of imidazole rings is 1. The van der Waals surface area contributed by atoms with E-state index in [-0.39, 0.29) is 24.4 Å². The van der Waals surface area contributed by atoms with Crippen LogP contribution in [0.25, 0.3) is 0 Å². The summed E-state index contributed by atoms with van der Waals surface area (Å²) in [6.07, 6.45) is -2.53. The molecule has 0 aliphatic heterocycles. The molecule has 0 aromatic carbocycles. The third kappa shape index (κ3) is 1.52. The lowest BCUT2D eigenvalue weighted by Crippen LogP contribution is -2.30. The highest BCUT2D eigenvalue weighted by molar-refractivity contribution is 6.17. The van der Waals surface area contributed by atoms with E-state index in [1.54, 1.807) is 4.57 Å². The maximum Gasteiger partial charge on any atom is 0.400 e. The summed E-state index contributed by atoms with van der Waals surface area (Å²) in [7, 11) is 0. The summed E-state index contributed by atoms with van der Waals surface area (Å²) >= 11 is 5.71. The normalized spacial score (nSPS) is 18.8. The molecule has 2 rings (SSSR count). The van der Waals surface area contributed by atoms with E-state index < -0.39 is 11.6 Å². The van der Waals surface area contributed by atoms with Gasteiger partial charge in [0.2, 0.25) is 0 Å². The van der Waals surface area contributed by atoms with Gasteiger partial charge in [0, 0.05) is 6.54 Å². The van der Waals surface area contributed by atoms with Crippen LogP contribution in [0, 0.1) is 0 Å². The van der Waals surface area contributed by atoms with Gasteiger partial charge in [-0.3, -0.25) is 0 Å². The average molecular weight is 253 g/mol. The zero-order valence-electron chi connectivity index (χ0n) is 8.81. The first kappa shape index (κ1) is 11.8. The van der Waals surface area contributed by atoms with Crippen LogP contribution < -0.4 is 0 Å². The first-order chi connectivity index (χ1) is 7.46. The predicted molar refractivity (Wildman–Crippen MR) is 54.4 cm³/mol. The lowest BCUT2D eigenvalue weighted by Gasteiger charge is -2.18. The fourth-order valence-electron chi connectivity index (χ4n) is 2.00. The van der Waals surface area contributed by atoms with Gasteiger partial charge in [0.1, 0.15) is 5.41 Å². The summed E-state index contributed by atoms with van der Waals surface area (Å²) < 4.78 is 40.4. The molecule has 1 aliphatic rings. The Labute approximate surface area is 96.4 Å². The molecule has 16 heavy (non-hydrogen) atoms. The van der Waals surface area contributed by atoms with Crippen LogP contribution in [0.1, 0.15) is 31.2 Å². The molecule has 0 unspecified atom stereocenters. The summed E-state index contributed by atoms with van der Waals surface area (Å²) in [6, 6.07) is 0. The molecule has 6 heteroatoms. The molecule has 2 nitrogen and oxygen atoms in total. The fraction of sp³-hybridized carbons (Fsp3) is 0.700. The monoisotopic (exact) mass is 252 g/mol. The quantitative estimate of drug-likeness (QED) is 0.755. The second kappa shape index (κ2) is 3.65. The molecule has 1 saturated carbocycles. The van der Waals surface area contributed by atoms with E-state index in [1.165, 1.54) is 6.33 Å². The summed E-state index contributed by atoms with van der Waals surface area (Å²) in [5.41, 5.74) is -1.10. The van der Waals surface area contributed by atoms with Crippen LogP contribution in [0.15, 0.2) is 6.33 Å². The molecule has 0 atom stereocenters. The third-order valence-corrected chi connectivity index (χ3v) is 3.41. The lowest BCUT2D eigenvalue weighted by atomic mass is 10.0. The lowest BCUT2D eigenvalue weighted by molar-refractivity contribution is -0.161. The molecule has 0 N–H and O–H groups in total. The first-order valence-electron chi connectivity index (χ1n) is 5.13. The molecule has 1 aromatic rings. The van der Waals surface area contributed by atoms with Crippen molar-refractivity contribution in [2.24, 2.45) is 0 Å². The van der Waals surface area contributed by atoms with Gasteiger partial charge in [0.05, 0.1) is 23.6 Å². The Hall–Kier alpha value is -0.710. The van der Waals surface area contributed by atoms with E-state index >= 15 is 0 Å². The Balaban J connectivity index is 2.45. The Morgan fingerprint density at radius 3 is 2.50 bits per heavy atom. The Morgan fingerprint density at radius 1 is 1.50 bits per heavy atom. The van der Waals surface area contributed by atoms with Gasteiger partial charge < -0.3 is 4.57 Å². The SMILES string of the molecule is CCn1cnc(C2(C(F)(F)F)CC2)c1CCl. The minimum atomic E-state index is -4.22. The van der Waals surface area contributed by atoms with Crippen LogP contribution in [0.5, 0.6) is 0 Å². The number of aromatic nitrogens is 2. The van der Waals surface area contributed by atoms with Crippen molar-refractivity contribution in [3.63, 3.8) is 0 Å². The van der Waals surface area contributed by atoms with Crippen molar-refractivity contribution in [1.29, 1.82) is 0 Å². The topological polar surface area (TPSA) is 17.8 Å². The summed E-state index contributed by atoms with van der Waals surface area (Å²) in [6.45, 7) is 2.44. The zero-order chi connectivity index (χ0) is 12.0. The molecule has 90 valence electrons. The van der Waals surface area contributed by atoms with Crippen LogP contribution in [0.4, 0.5) is 13.2 Å². The zero-order valence-corrected chi connectivity index (χ0v) is 9.57. The highest BCUT2D eigenvalue weighted by Crippen LogP contribution is 2.59. The minimum Gasteiger partial charge on any atom is -0.334 e. The van der Waals surface area contributed by atoms with Crippen molar-refractivity contribution in [1.82, 2.24) is 9.55 Å². The number of rotatable bonds is 3. The number of hydrogen-bond acceptors (Lipinski definition) is 1. The van der Waals surface area contributed by atoms with Crippen LogP contribution >= 0.6 is 11.6 Å². The van der Waals surface area contributed by atoms with Gasteiger partial charge in [-0.1, -0.05) is 0 Å². The van der Waals surface area contributed by atoms with Gasteiger partial charge >= 0.3 is 6.18 Å². The Morgan fingerprint density at radius 2 is 2.12 bits per heavy atom. The van der Waals surface area contributed by atoms with Crippen LogP contribution in [-0.2, 0) is 17.8 Å². The summed E-state index contributed by atoms with van der Waals surface area (Å²) in [5, 5.41) is 0. The van der Waals surface area contributed by atoms with Gasteiger partial charge in [0.15, 0.2) is 0 Å². The molecular weight excluding hydrogens is 241 g/mol. The minimum absolute atomic E-state index is 0.0704. The maximum atomic E-state index is 12.9. The average Bonchev–Trinajstić information content (AvgIpc) is 2.92. The van der Waals surface area contributed by atoms with E-state index in [4.69, 9.17) is 11.6 Å². The van der Waals surface area contributed by atoms with Crippen molar-refractivity contribution >= 4 is 11.6 Å². The van der Waals surface area contributed by atoms with E-state index in [2.05, 4.69) is 4.98 Å². The third-order valence-electron chi connectivity index (χ3n) is 3.16. The van der Waals surface area contributed by atoms with Crippen LogP contribution in [0.2, 0.25) is 0 Å². The standard InChI is InChI=1S/C10H12ClF3N2/c1-2-16-6-15-8(7(16)5-11)9(3-4-9)10(12,13)14/h6H,2-5H2,1H3. The van der Waals surface area contributed by atoms with Crippen LogP contribution in [0.3, 0.4) is 0 Å². The van der Waals surface area contributed by atoms with Crippen molar-refractivity contribution in [2.45, 2.75) is 43.8 Å². The van der Waals surface area contributed by atoms with Gasteiger partial charge in [-0.2, -0.15) is 13.2 Å². The molecular formula is C10H12ClF3N2. The van der Waals surface area contributed by atoms with Crippen molar-refractivity contribution in [2.75, 3.05) is 0 Å². The smallest absolute Gasteiger partial charge is 0.334 e. The highest BCUT2D eigenvalue weighted by atomic mass is 35.5. The summed E-state index contributed by atoms with van der Waals surface area (Å²) in [4.78, 5) is 3.92. The molecule has 0 amide bonds. The van der Waals surface area contributed by atoms with Gasteiger partial charge in [-0.25, -0.2) is 4.98 Å². The van der Waals surface area contributed by atoms with Crippen LogP contribution in [-0.4, -0.2) is 15.7 Å². The second-order valence-electron chi connectivity index (χ2n) is 4.04. The molecule has 1 aromatic heterocycles. The number of hydrogen-bond donors (Lipinski definition) is 0. The summed E-state index contributed by atoms with van der Waals surface area (Å²) in [5.74, 6) is 0.0704. The van der Waals surface area contributed by atoms with E-state index in [1.807, 2.05) is 6.92 Å². The molecule has 0 saturated heterocycles. The van der Waals surface area contributed by atoms with E-state index in [0.29, 0.717) is 12.2 Å². The fourth-order valence-corrected chi connectivity index (χ4v) is 2.28. The first-order valence-corrected chi connectivity index (χ1v) is 5.67. The molecule has 0 spiro atoms. The molecule has 0 radical (unpaired) electrons. The largest absolute Gasteiger partial charge is 0.400 e. The molecule has 1 fully saturated rings. The molecule has 0 bridgehead atoms. The Kier molecular flexibility index (Phi) is 2.69. The molecule has 1 heterocycles. The van der Waals surface area contributed by atoms with Gasteiger partial charge in [0.25, 0.3) is 0 Å². The van der Waals surface area contributed by atoms with Gasteiger partial charge in [-0.15, -0.1) is 11.6 Å². The number of alkyl halides is 4. The number of nitrogens with zero attached hydrogens (tertiary/aromatic N) is 2. The molecule has 1 aliphatic carbocycles. The predicted octanol–water partition coefficient (Wildman–Crippen LogP) is 3.24. The number of aryl methyl sites for hydroxylation is 1. The maximum absolute atomic E-state index is 12.9. The second-order valence-corrected chi connectivity index (χ2v) is 4.31. The van der Waals surface area contributed by atoms with E-state index in [9.17, 15) is 13.2 Å². The van der Waals surface area contributed by atoms with Crippen molar-refractivity contribution < 1.29 is 13.2 Å². The van der Waals surface area contributed by atoms with E-state index in [0.717, 1.165) is 0 Å². The highest BCUT2D eigenvalue weighted by Gasteiger charge is 2.66. The van der Waals surface area contributed by atoms with Crippen molar-refractivity contribution in [3.8, 4) is 0 Å². The number of halogens is 4. The Bertz CT molecular complexity index is 393. The van der Waals surface area contributed by atoms with Gasteiger partial charge in [-0.05, 0) is 19.8 Å². The van der Waals surface area contributed by atoms with Crippen molar-refractivity contribution in [3.05, 3.63) is 17.7 Å².